The summed E-state index contributed by atoms with van der Waals surface area (Å²) in [5.41, 5.74) is 0. The molecule has 1 saturated heterocycles. The Morgan fingerprint density at radius 1 is 0.840 bits per heavy atom. The third kappa shape index (κ3) is 5.17. The number of piperazine rings is 1. The van der Waals surface area contributed by atoms with Gasteiger partial charge in [-0.2, -0.15) is 0 Å². The van der Waals surface area contributed by atoms with E-state index in [9.17, 15) is 9.59 Å². The van der Waals surface area contributed by atoms with E-state index in [-0.39, 0.29) is 36.0 Å². The molecule has 144 valence electrons. The van der Waals surface area contributed by atoms with Gasteiger partial charge in [0.05, 0.1) is 12.1 Å². The molecule has 2 atom stereocenters. The number of nitrogens with one attached hydrogen (secondary N) is 1. The van der Waals surface area contributed by atoms with Gasteiger partial charge < -0.3 is 10.2 Å². The van der Waals surface area contributed by atoms with E-state index in [0.717, 1.165) is 39.0 Å². The monoisotopic (exact) mass is 352 g/mol. The van der Waals surface area contributed by atoms with Crippen molar-refractivity contribution in [1.29, 1.82) is 0 Å². The smallest absolute Gasteiger partial charge is 0.240 e. The highest BCUT2D eigenvalue weighted by Gasteiger charge is 2.34. The van der Waals surface area contributed by atoms with Crippen molar-refractivity contribution >= 4 is 11.8 Å². The molecule has 6 nitrogen and oxygen atoms in total. The summed E-state index contributed by atoms with van der Waals surface area (Å²) >= 11 is 0. The zero-order chi connectivity index (χ0) is 18.7. The van der Waals surface area contributed by atoms with Crippen LogP contribution < -0.4 is 5.32 Å². The second-order valence-electron chi connectivity index (χ2n) is 8.14. The van der Waals surface area contributed by atoms with Gasteiger partial charge in [0.15, 0.2) is 0 Å². The third-order valence-corrected chi connectivity index (χ3v) is 5.47. The molecule has 6 heteroatoms. The van der Waals surface area contributed by atoms with Crippen molar-refractivity contribution in [2.45, 2.75) is 84.6 Å². The molecule has 2 fully saturated rings. The summed E-state index contributed by atoms with van der Waals surface area (Å²) in [5.74, 6) is 0.351. The highest BCUT2D eigenvalue weighted by atomic mass is 16.2. The van der Waals surface area contributed by atoms with Gasteiger partial charge in [-0.15, -0.1) is 0 Å². The van der Waals surface area contributed by atoms with Crippen LogP contribution in [0.25, 0.3) is 0 Å². The molecule has 25 heavy (non-hydrogen) atoms. The molecule has 2 aliphatic rings. The van der Waals surface area contributed by atoms with E-state index in [1.165, 1.54) is 0 Å². The Morgan fingerprint density at radius 3 is 1.68 bits per heavy atom. The highest BCUT2D eigenvalue weighted by Crippen LogP contribution is 2.19. The quantitative estimate of drug-likeness (QED) is 0.750. The van der Waals surface area contributed by atoms with Gasteiger partial charge in [-0.05, 0) is 54.4 Å². The number of carbonyl (C=O) groups is 2. The van der Waals surface area contributed by atoms with Crippen LogP contribution in [0.4, 0.5) is 0 Å². The van der Waals surface area contributed by atoms with Crippen molar-refractivity contribution in [2.24, 2.45) is 0 Å². The van der Waals surface area contributed by atoms with Crippen molar-refractivity contribution in [3.8, 4) is 0 Å². The molecule has 1 heterocycles. The second-order valence-corrected chi connectivity index (χ2v) is 8.14. The molecule has 1 N–H and O–H groups in total. The molecule has 0 bridgehead atoms. The summed E-state index contributed by atoms with van der Waals surface area (Å²) in [6, 6.07) is 0.635. The topological polar surface area (TPSA) is 55.9 Å². The molecule has 0 spiro atoms. The van der Waals surface area contributed by atoms with Gasteiger partial charge in [-0.25, -0.2) is 0 Å². The molecule has 0 aromatic rings. The van der Waals surface area contributed by atoms with Crippen LogP contribution >= 0.6 is 0 Å². The summed E-state index contributed by atoms with van der Waals surface area (Å²) in [4.78, 5) is 31.6. The maximum absolute atomic E-state index is 12.9. The van der Waals surface area contributed by atoms with Crippen LogP contribution in [0.2, 0.25) is 0 Å². The molecule has 1 aliphatic heterocycles. The van der Waals surface area contributed by atoms with E-state index >= 15 is 0 Å². The number of nitrogens with zero attached hydrogens (tertiary/aromatic N) is 3. The maximum atomic E-state index is 12.9. The number of amides is 2. The lowest BCUT2D eigenvalue weighted by molar-refractivity contribution is -0.141. The molecular formula is C19H36N4O2. The van der Waals surface area contributed by atoms with Gasteiger partial charge in [-0.3, -0.25) is 19.4 Å². The first-order valence-electron chi connectivity index (χ1n) is 9.83. The lowest BCUT2D eigenvalue weighted by Crippen LogP contribution is -2.59. The summed E-state index contributed by atoms with van der Waals surface area (Å²) in [6.07, 6.45) is 2.24. The highest BCUT2D eigenvalue weighted by molar-refractivity contribution is 5.82. The summed E-state index contributed by atoms with van der Waals surface area (Å²) < 4.78 is 0. The van der Waals surface area contributed by atoms with E-state index in [1.54, 1.807) is 0 Å². The van der Waals surface area contributed by atoms with Crippen molar-refractivity contribution < 1.29 is 9.59 Å². The van der Waals surface area contributed by atoms with Gasteiger partial charge in [0, 0.05) is 44.3 Å². The molecular weight excluding hydrogens is 316 g/mol. The average molecular weight is 353 g/mol. The lowest BCUT2D eigenvalue weighted by Gasteiger charge is -2.42. The molecule has 1 saturated carbocycles. The Labute approximate surface area is 152 Å². The Balaban J connectivity index is 1.85. The van der Waals surface area contributed by atoms with E-state index in [2.05, 4.69) is 42.8 Å². The van der Waals surface area contributed by atoms with Crippen LogP contribution in [0.15, 0.2) is 0 Å². The van der Waals surface area contributed by atoms with Crippen molar-refractivity contribution in [1.82, 2.24) is 20.0 Å². The lowest BCUT2D eigenvalue weighted by atomic mass is 10.1. The summed E-state index contributed by atoms with van der Waals surface area (Å²) in [5, 5.41) is 3.09. The summed E-state index contributed by atoms with van der Waals surface area (Å²) in [6.45, 7) is 15.6. The molecule has 2 amide bonds. The number of hydrogen-bond donors (Lipinski definition) is 1. The molecule has 2 unspecified atom stereocenters. The number of hydrogen-bond acceptors (Lipinski definition) is 4. The van der Waals surface area contributed by atoms with Crippen LogP contribution in [-0.4, -0.2) is 82.9 Å². The van der Waals surface area contributed by atoms with Crippen LogP contribution in [0, 0.1) is 0 Å². The van der Waals surface area contributed by atoms with Crippen molar-refractivity contribution in [3.63, 3.8) is 0 Å². The Kier molecular flexibility index (Phi) is 6.86. The van der Waals surface area contributed by atoms with Crippen molar-refractivity contribution in [3.05, 3.63) is 0 Å². The maximum Gasteiger partial charge on any atom is 0.240 e. The fourth-order valence-corrected chi connectivity index (χ4v) is 3.70. The van der Waals surface area contributed by atoms with Gasteiger partial charge in [0.2, 0.25) is 11.8 Å². The second kappa shape index (κ2) is 8.49. The normalized spacial score (nSPS) is 22.1. The van der Waals surface area contributed by atoms with E-state index in [0.29, 0.717) is 6.04 Å². The minimum absolute atomic E-state index is 0.0865. The van der Waals surface area contributed by atoms with Crippen LogP contribution in [-0.2, 0) is 9.59 Å². The predicted octanol–water partition coefficient (Wildman–Crippen LogP) is 1.31. The molecule has 1 aliphatic carbocycles. The molecule has 0 radical (unpaired) electrons. The molecule has 0 aromatic carbocycles. The minimum atomic E-state index is -0.109. The molecule has 0 aromatic heterocycles. The van der Waals surface area contributed by atoms with Gasteiger partial charge in [0.1, 0.15) is 0 Å². The SMILES string of the molecule is CC(C(=O)NC1CC1)N1CCN(C(C)C(=O)N(C(C)C)C(C)C)CC1. The zero-order valence-corrected chi connectivity index (χ0v) is 16.8. The third-order valence-electron chi connectivity index (χ3n) is 5.47. The van der Waals surface area contributed by atoms with Gasteiger partial charge >= 0.3 is 0 Å². The fraction of sp³-hybridized carbons (Fsp3) is 0.895. The Bertz CT molecular complexity index is 460. The average Bonchev–Trinajstić information content (AvgIpc) is 3.36. The van der Waals surface area contributed by atoms with Crippen molar-refractivity contribution in [2.75, 3.05) is 26.2 Å². The minimum Gasteiger partial charge on any atom is -0.352 e. The van der Waals surface area contributed by atoms with E-state index < -0.39 is 0 Å². The first kappa shape index (κ1) is 20.2. The number of rotatable bonds is 7. The van der Waals surface area contributed by atoms with Crippen LogP contribution in [0.1, 0.15) is 54.4 Å². The van der Waals surface area contributed by atoms with E-state index in [1.807, 2.05) is 18.7 Å². The summed E-state index contributed by atoms with van der Waals surface area (Å²) in [7, 11) is 0. The standard InChI is InChI=1S/C19H36N4O2/c1-13(2)23(14(3)4)19(25)16(6)22-11-9-21(10-12-22)15(5)18(24)20-17-7-8-17/h13-17H,7-12H2,1-6H3,(H,20,24). The van der Waals surface area contributed by atoms with Gasteiger partial charge in [0.25, 0.3) is 0 Å². The van der Waals surface area contributed by atoms with Crippen LogP contribution in [0.5, 0.6) is 0 Å². The largest absolute Gasteiger partial charge is 0.352 e. The molecule has 2 rings (SSSR count). The zero-order valence-electron chi connectivity index (χ0n) is 16.8. The first-order valence-corrected chi connectivity index (χ1v) is 9.83. The first-order chi connectivity index (χ1) is 11.7. The predicted molar refractivity (Wildman–Crippen MR) is 100 cm³/mol. The van der Waals surface area contributed by atoms with E-state index in [4.69, 9.17) is 0 Å². The Hall–Kier alpha value is -1.14. The number of carbonyl (C=O) groups excluding carboxylic acids is 2. The van der Waals surface area contributed by atoms with Gasteiger partial charge in [-0.1, -0.05) is 0 Å². The fourth-order valence-electron chi connectivity index (χ4n) is 3.70. The Morgan fingerprint density at radius 2 is 1.28 bits per heavy atom. The van der Waals surface area contributed by atoms with Crippen LogP contribution in [0.3, 0.4) is 0 Å².